The van der Waals surface area contributed by atoms with Crippen molar-refractivity contribution < 1.29 is 27.5 Å². The van der Waals surface area contributed by atoms with Gasteiger partial charge in [0.1, 0.15) is 23.3 Å². The van der Waals surface area contributed by atoms with E-state index in [4.69, 9.17) is 9.47 Å². The average molecular weight is 468 g/mol. The van der Waals surface area contributed by atoms with Crippen molar-refractivity contribution in [3.05, 3.63) is 71.5 Å². The molecule has 2 amide bonds. The fraction of sp³-hybridized carbons (Fsp3) is 0.217. The maximum Gasteiger partial charge on any atom is 0.273 e. The molecule has 1 atom stereocenters. The Bertz CT molecular complexity index is 1380. The molecule has 0 fully saturated rings. The van der Waals surface area contributed by atoms with Crippen LogP contribution in [-0.4, -0.2) is 43.5 Å². The van der Waals surface area contributed by atoms with Crippen LogP contribution in [0.2, 0.25) is 0 Å². The quantitative estimate of drug-likeness (QED) is 0.609. The van der Waals surface area contributed by atoms with E-state index in [0.29, 0.717) is 36.6 Å². The number of amides is 2. The van der Waals surface area contributed by atoms with E-state index in [1.807, 2.05) is 24.3 Å². The van der Waals surface area contributed by atoms with Gasteiger partial charge in [0, 0.05) is 24.7 Å². The van der Waals surface area contributed by atoms with Crippen molar-refractivity contribution >= 4 is 27.5 Å². The molecular weight excluding hydrogens is 446 g/mol. The summed E-state index contributed by atoms with van der Waals surface area (Å²) in [7, 11) is -3.98. The zero-order valence-electron chi connectivity index (χ0n) is 17.7. The van der Waals surface area contributed by atoms with Gasteiger partial charge in [-0.05, 0) is 48.9 Å². The highest BCUT2D eigenvalue weighted by molar-refractivity contribution is 7.90. The number of anilines is 1. The first-order valence-electron chi connectivity index (χ1n) is 10.4. The molecule has 0 radical (unpaired) electrons. The second kappa shape index (κ2) is 7.96. The van der Waals surface area contributed by atoms with E-state index in [9.17, 15) is 18.0 Å². The van der Waals surface area contributed by atoms with E-state index in [1.54, 1.807) is 6.92 Å². The standard InChI is InChI=1S/C23H21N3O6S/c1-14-10-18-23(28)25-17-11-15(6-7-21(17)33(29,30)26(18)12-14)22(27)24-9-8-16-13-31-19-4-2-3-5-20(19)32-16/h2-7,10-12,16H,8-9,13H2,1H3,(H,24,27)(H,25,28)/t16-/m1/s1. The highest BCUT2D eigenvalue weighted by Gasteiger charge is 2.31. The van der Waals surface area contributed by atoms with E-state index in [1.165, 1.54) is 30.5 Å². The number of carbonyl (C=O) groups is 2. The Labute approximate surface area is 190 Å². The maximum atomic E-state index is 13.0. The van der Waals surface area contributed by atoms with E-state index in [0.717, 1.165) is 3.97 Å². The number of hydrogen-bond donors (Lipinski definition) is 2. The first kappa shape index (κ1) is 21.1. The normalized spacial score (nSPS) is 17.8. The van der Waals surface area contributed by atoms with Gasteiger partial charge >= 0.3 is 0 Å². The smallest absolute Gasteiger partial charge is 0.273 e. The van der Waals surface area contributed by atoms with Gasteiger partial charge in [0.25, 0.3) is 21.8 Å². The van der Waals surface area contributed by atoms with Crippen LogP contribution in [0.1, 0.15) is 32.8 Å². The minimum absolute atomic E-state index is 0.0194. The molecule has 2 aromatic carbocycles. The summed E-state index contributed by atoms with van der Waals surface area (Å²) >= 11 is 0. The molecule has 2 aliphatic rings. The predicted molar refractivity (Wildman–Crippen MR) is 119 cm³/mol. The number of para-hydroxylation sites is 2. The molecule has 10 heteroatoms. The molecule has 3 aromatic rings. The average Bonchev–Trinajstić information content (AvgIpc) is 3.18. The lowest BCUT2D eigenvalue weighted by molar-refractivity contribution is 0.0812. The number of aromatic nitrogens is 1. The summed E-state index contributed by atoms with van der Waals surface area (Å²) in [5, 5.41) is 5.41. The fourth-order valence-electron chi connectivity index (χ4n) is 3.88. The summed E-state index contributed by atoms with van der Waals surface area (Å²) in [6, 6.07) is 13.0. The topological polar surface area (TPSA) is 116 Å². The van der Waals surface area contributed by atoms with Crippen molar-refractivity contribution in [1.82, 2.24) is 9.29 Å². The highest BCUT2D eigenvalue weighted by atomic mass is 32.2. The second-order valence-electron chi connectivity index (χ2n) is 7.91. The van der Waals surface area contributed by atoms with Crippen molar-refractivity contribution in [2.45, 2.75) is 24.3 Å². The van der Waals surface area contributed by atoms with Crippen LogP contribution in [0.3, 0.4) is 0 Å². The minimum atomic E-state index is -3.98. The largest absolute Gasteiger partial charge is 0.486 e. The number of rotatable bonds is 4. The van der Waals surface area contributed by atoms with Crippen LogP contribution in [0.15, 0.2) is 59.6 Å². The van der Waals surface area contributed by atoms with E-state index in [-0.39, 0.29) is 33.9 Å². The number of hydrogen-bond acceptors (Lipinski definition) is 6. The molecule has 0 bridgehead atoms. The molecule has 2 aliphatic heterocycles. The third-order valence-corrected chi connectivity index (χ3v) is 7.23. The lowest BCUT2D eigenvalue weighted by Crippen LogP contribution is -2.34. The SMILES string of the molecule is Cc1cc2n(c1)S(=O)(=O)c1ccc(C(=O)NCC[C@@H]3COc4ccccc4O3)cc1NC2=O. The predicted octanol–water partition coefficient (Wildman–Crippen LogP) is 2.56. The van der Waals surface area contributed by atoms with Gasteiger partial charge in [0.2, 0.25) is 0 Å². The molecule has 5 rings (SSSR count). The fourth-order valence-corrected chi connectivity index (χ4v) is 5.42. The molecule has 33 heavy (non-hydrogen) atoms. The van der Waals surface area contributed by atoms with Crippen molar-refractivity contribution in [2.24, 2.45) is 0 Å². The lowest BCUT2D eigenvalue weighted by Gasteiger charge is -2.26. The molecule has 0 saturated carbocycles. The van der Waals surface area contributed by atoms with Gasteiger partial charge in [-0.15, -0.1) is 0 Å². The summed E-state index contributed by atoms with van der Waals surface area (Å²) in [6.07, 6.45) is 1.73. The molecular formula is C23H21N3O6S. The number of aryl methyl sites for hydroxylation is 1. The molecule has 0 spiro atoms. The Balaban J connectivity index is 1.28. The summed E-state index contributed by atoms with van der Waals surface area (Å²) in [6.45, 7) is 2.43. The molecule has 0 aliphatic carbocycles. The highest BCUT2D eigenvalue weighted by Crippen LogP contribution is 2.32. The van der Waals surface area contributed by atoms with Crippen LogP contribution >= 0.6 is 0 Å². The van der Waals surface area contributed by atoms with Gasteiger partial charge in [0.05, 0.1) is 5.69 Å². The first-order chi connectivity index (χ1) is 15.8. The molecule has 0 saturated heterocycles. The van der Waals surface area contributed by atoms with Crippen LogP contribution in [-0.2, 0) is 10.0 Å². The number of ether oxygens (including phenoxy) is 2. The van der Waals surface area contributed by atoms with Crippen LogP contribution < -0.4 is 20.1 Å². The van der Waals surface area contributed by atoms with Gasteiger partial charge < -0.3 is 20.1 Å². The summed E-state index contributed by atoms with van der Waals surface area (Å²) < 4.78 is 38.6. The van der Waals surface area contributed by atoms with Crippen LogP contribution in [0.4, 0.5) is 5.69 Å². The number of nitrogens with one attached hydrogen (secondary N) is 2. The van der Waals surface area contributed by atoms with Gasteiger partial charge in [-0.3, -0.25) is 9.59 Å². The minimum Gasteiger partial charge on any atom is -0.486 e. The van der Waals surface area contributed by atoms with Gasteiger partial charge in [-0.2, -0.15) is 0 Å². The van der Waals surface area contributed by atoms with Crippen LogP contribution in [0, 0.1) is 6.92 Å². The first-order valence-corrected chi connectivity index (χ1v) is 11.8. The zero-order valence-corrected chi connectivity index (χ0v) is 18.5. The summed E-state index contributed by atoms with van der Waals surface area (Å²) in [5.74, 6) is 0.420. The van der Waals surface area contributed by atoms with Crippen molar-refractivity contribution in [1.29, 1.82) is 0 Å². The molecule has 0 unspecified atom stereocenters. The molecule has 1 aromatic heterocycles. The summed E-state index contributed by atoms with van der Waals surface area (Å²) in [5.41, 5.74) is 0.970. The molecule has 3 heterocycles. The van der Waals surface area contributed by atoms with Gasteiger partial charge in [-0.1, -0.05) is 12.1 Å². The molecule has 170 valence electrons. The Kier molecular flexibility index (Phi) is 5.09. The number of fused-ring (bicyclic) bond motifs is 3. The number of nitrogens with zero attached hydrogens (tertiary/aromatic N) is 1. The van der Waals surface area contributed by atoms with E-state index < -0.39 is 15.9 Å². The third-order valence-electron chi connectivity index (χ3n) is 5.50. The maximum absolute atomic E-state index is 13.0. The Morgan fingerprint density at radius 2 is 1.97 bits per heavy atom. The van der Waals surface area contributed by atoms with Crippen molar-refractivity contribution in [3.63, 3.8) is 0 Å². The van der Waals surface area contributed by atoms with Gasteiger partial charge in [-0.25, -0.2) is 12.4 Å². The van der Waals surface area contributed by atoms with Crippen LogP contribution in [0.25, 0.3) is 0 Å². The lowest BCUT2D eigenvalue weighted by atomic mass is 10.1. The second-order valence-corrected chi connectivity index (χ2v) is 9.69. The molecule has 9 nitrogen and oxygen atoms in total. The molecule has 2 N–H and O–H groups in total. The van der Waals surface area contributed by atoms with Crippen molar-refractivity contribution in [2.75, 3.05) is 18.5 Å². The monoisotopic (exact) mass is 467 g/mol. The third kappa shape index (κ3) is 3.82. The van der Waals surface area contributed by atoms with Crippen LogP contribution in [0.5, 0.6) is 11.5 Å². The Hall–Kier alpha value is -3.79. The van der Waals surface area contributed by atoms with Crippen molar-refractivity contribution in [3.8, 4) is 11.5 Å². The zero-order chi connectivity index (χ0) is 23.2. The number of carbonyl (C=O) groups excluding carboxylic acids is 2. The summed E-state index contributed by atoms with van der Waals surface area (Å²) in [4.78, 5) is 25.1. The van der Waals surface area contributed by atoms with E-state index >= 15 is 0 Å². The number of benzene rings is 2. The Morgan fingerprint density at radius 1 is 1.18 bits per heavy atom. The van der Waals surface area contributed by atoms with Gasteiger partial charge in [0.15, 0.2) is 11.5 Å². The van der Waals surface area contributed by atoms with E-state index in [2.05, 4.69) is 10.6 Å². The Morgan fingerprint density at radius 3 is 2.79 bits per heavy atom.